The highest BCUT2D eigenvalue weighted by Gasteiger charge is 2.19. The van der Waals surface area contributed by atoms with Crippen LogP contribution in [-0.4, -0.2) is 30.7 Å². The minimum absolute atomic E-state index is 0.302. The molecule has 0 saturated carbocycles. The zero-order valence-corrected chi connectivity index (χ0v) is 19.1. The zero-order valence-electron chi connectivity index (χ0n) is 19.1. The van der Waals surface area contributed by atoms with Crippen LogP contribution in [0.2, 0.25) is 0 Å². The van der Waals surface area contributed by atoms with Gasteiger partial charge in [0, 0.05) is 21.5 Å². The van der Waals surface area contributed by atoms with E-state index in [0.717, 1.165) is 43.6 Å². The molecule has 0 aliphatic heterocycles. The van der Waals surface area contributed by atoms with E-state index in [-0.39, 0.29) is 0 Å². The molecule has 0 amide bonds. The lowest BCUT2D eigenvalue weighted by Gasteiger charge is -2.12. The number of hydrogen-bond donors (Lipinski definition) is 0. The lowest BCUT2D eigenvalue weighted by Crippen LogP contribution is -2.11. The number of benzene rings is 4. The van der Waals surface area contributed by atoms with Crippen LogP contribution in [0.3, 0.4) is 0 Å². The molecular weight excluding hydrogens is 434 g/mol. The van der Waals surface area contributed by atoms with Crippen LogP contribution < -0.4 is 4.74 Å². The first-order valence-corrected chi connectivity index (χ1v) is 11.7. The quantitative estimate of drug-likeness (QED) is 0.305. The third-order valence-electron chi connectivity index (χ3n) is 6.42. The van der Waals surface area contributed by atoms with Crippen LogP contribution in [0, 0.1) is 0 Å². The van der Waals surface area contributed by atoms with Gasteiger partial charge in [0.2, 0.25) is 11.9 Å². The van der Waals surface area contributed by atoms with Crippen LogP contribution in [0.4, 0.5) is 0 Å². The number of ether oxygens (including phenoxy) is 1. The summed E-state index contributed by atoms with van der Waals surface area (Å²) in [5, 5.41) is 4.61. The van der Waals surface area contributed by atoms with Crippen molar-refractivity contribution >= 4 is 43.6 Å². The van der Waals surface area contributed by atoms with E-state index >= 15 is 0 Å². The smallest absolute Gasteiger partial charge is 0.323 e. The minimum atomic E-state index is 0.302. The molecule has 0 radical (unpaired) electrons. The molecule has 7 aromatic rings. The van der Waals surface area contributed by atoms with Crippen LogP contribution in [-0.2, 0) is 0 Å². The summed E-state index contributed by atoms with van der Waals surface area (Å²) in [5.41, 5.74) is 4.15. The van der Waals surface area contributed by atoms with E-state index in [4.69, 9.17) is 19.7 Å². The number of aromatic nitrogens is 5. The summed E-state index contributed by atoms with van der Waals surface area (Å²) in [6.07, 6.45) is 0. The predicted octanol–water partition coefficient (Wildman–Crippen LogP) is 6.46. The summed E-state index contributed by atoms with van der Waals surface area (Å²) in [6, 6.07) is 33.6. The number of para-hydroxylation sites is 4. The molecule has 35 heavy (non-hydrogen) atoms. The van der Waals surface area contributed by atoms with Crippen LogP contribution in [0.1, 0.15) is 6.92 Å². The highest BCUT2D eigenvalue weighted by molar-refractivity contribution is 6.10. The van der Waals surface area contributed by atoms with Gasteiger partial charge in [-0.1, -0.05) is 72.8 Å². The Morgan fingerprint density at radius 2 is 0.857 bits per heavy atom. The highest BCUT2D eigenvalue weighted by Crippen LogP contribution is 2.33. The van der Waals surface area contributed by atoms with Gasteiger partial charge in [-0.3, -0.25) is 9.13 Å². The fraction of sp³-hybridized carbons (Fsp3) is 0.0690. The third-order valence-corrected chi connectivity index (χ3v) is 6.42. The normalized spacial score (nSPS) is 11.7. The average molecular weight is 456 g/mol. The van der Waals surface area contributed by atoms with Crippen molar-refractivity contribution < 1.29 is 4.74 Å². The summed E-state index contributed by atoms with van der Waals surface area (Å²) in [4.78, 5) is 14.5. The van der Waals surface area contributed by atoms with Crippen molar-refractivity contribution in [3.05, 3.63) is 97.1 Å². The van der Waals surface area contributed by atoms with Crippen molar-refractivity contribution in [1.82, 2.24) is 24.1 Å². The zero-order chi connectivity index (χ0) is 23.4. The Kier molecular flexibility index (Phi) is 4.32. The Hall–Kier alpha value is -4.71. The van der Waals surface area contributed by atoms with E-state index < -0.39 is 0 Å². The molecule has 0 saturated heterocycles. The molecule has 3 heterocycles. The van der Waals surface area contributed by atoms with Gasteiger partial charge in [-0.2, -0.15) is 15.0 Å². The van der Waals surface area contributed by atoms with Gasteiger partial charge in [0.05, 0.1) is 28.7 Å². The topological polar surface area (TPSA) is 57.8 Å². The first kappa shape index (κ1) is 19.7. The fourth-order valence-electron chi connectivity index (χ4n) is 5.01. The van der Waals surface area contributed by atoms with Gasteiger partial charge < -0.3 is 4.74 Å². The molecule has 0 aliphatic rings. The van der Waals surface area contributed by atoms with Crippen LogP contribution in [0.15, 0.2) is 97.1 Å². The molecule has 0 bridgehead atoms. The van der Waals surface area contributed by atoms with Gasteiger partial charge in [0.25, 0.3) is 0 Å². The molecule has 0 spiro atoms. The lowest BCUT2D eigenvalue weighted by molar-refractivity contribution is 0.310. The maximum atomic E-state index is 5.84. The Labute approximate surface area is 201 Å². The summed E-state index contributed by atoms with van der Waals surface area (Å²) in [6.45, 7) is 2.40. The maximum absolute atomic E-state index is 5.84. The molecule has 6 nitrogen and oxygen atoms in total. The van der Waals surface area contributed by atoms with Gasteiger partial charge in [-0.25, -0.2) is 0 Å². The van der Waals surface area contributed by atoms with Gasteiger partial charge in [0.15, 0.2) is 0 Å². The Morgan fingerprint density at radius 3 is 1.20 bits per heavy atom. The van der Waals surface area contributed by atoms with Crippen LogP contribution in [0.5, 0.6) is 6.01 Å². The largest absolute Gasteiger partial charge is 0.464 e. The highest BCUT2D eigenvalue weighted by atomic mass is 16.5. The molecule has 7 rings (SSSR count). The SMILES string of the molecule is CCOc1nc(-n2c3ccccc3c3ccccc32)nc(-n2c3ccccc3c3ccccc32)n1. The molecule has 0 fully saturated rings. The van der Waals surface area contributed by atoms with E-state index in [0.29, 0.717) is 24.5 Å². The minimum Gasteiger partial charge on any atom is -0.464 e. The third kappa shape index (κ3) is 2.93. The second-order valence-electron chi connectivity index (χ2n) is 8.39. The van der Waals surface area contributed by atoms with Crippen molar-refractivity contribution in [2.45, 2.75) is 6.92 Å². The molecule has 0 aliphatic carbocycles. The number of fused-ring (bicyclic) bond motifs is 6. The van der Waals surface area contributed by atoms with E-state index in [2.05, 4.69) is 81.9 Å². The van der Waals surface area contributed by atoms with E-state index in [1.807, 2.05) is 31.2 Å². The van der Waals surface area contributed by atoms with E-state index in [1.54, 1.807) is 0 Å². The van der Waals surface area contributed by atoms with Crippen LogP contribution >= 0.6 is 0 Å². The van der Waals surface area contributed by atoms with Gasteiger partial charge in [0.1, 0.15) is 0 Å². The first-order chi connectivity index (χ1) is 17.3. The standard InChI is InChI=1S/C29H21N5O/c1-2-35-29-31-27(33-23-15-7-3-11-19(23)20-12-4-8-16-24(20)33)30-28(32-29)34-25-17-9-5-13-21(25)22-14-6-10-18-26(22)34/h3-18H,2H2,1H3. The predicted molar refractivity (Wildman–Crippen MR) is 140 cm³/mol. The molecule has 6 heteroatoms. The van der Waals surface area contributed by atoms with Crippen LogP contribution in [0.25, 0.3) is 55.5 Å². The molecule has 3 aromatic heterocycles. The number of nitrogens with zero attached hydrogens (tertiary/aromatic N) is 5. The lowest BCUT2D eigenvalue weighted by atomic mass is 10.2. The second-order valence-corrected chi connectivity index (χ2v) is 8.39. The Bertz CT molecular complexity index is 1640. The average Bonchev–Trinajstić information content (AvgIpc) is 3.42. The molecule has 0 unspecified atom stereocenters. The molecule has 168 valence electrons. The van der Waals surface area contributed by atoms with Crippen molar-refractivity contribution in [2.24, 2.45) is 0 Å². The molecule has 0 atom stereocenters. The van der Waals surface area contributed by atoms with Crippen molar-refractivity contribution in [2.75, 3.05) is 6.61 Å². The van der Waals surface area contributed by atoms with Crippen molar-refractivity contribution in [1.29, 1.82) is 0 Å². The van der Waals surface area contributed by atoms with Gasteiger partial charge in [-0.15, -0.1) is 0 Å². The van der Waals surface area contributed by atoms with Crippen molar-refractivity contribution in [3.63, 3.8) is 0 Å². The maximum Gasteiger partial charge on any atom is 0.323 e. The van der Waals surface area contributed by atoms with Crippen molar-refractivity contribution in [3.8, 4) is 17.9 Å². The second kappa shape index (κ2) is 7.67. The molecule has 0 N–H and O–H groups in total. The fourth-order valence-corrected chi connectivity index (χ4v) is 5.01. The van der Waals surface area contributed by atoms with E-state index in [1.165, 1.54) is 0 Å². The van der Waals surface area contributed by atoms with Gasteiger partial charge in [-0.05, 0) is 31.2 Å². The summed E-state index contributed by atoms with van der Waals surface area (Å²) >= 11 is 0. The summed E-state index contributed by atoms with van der Waals surface area (Å²) < 4.78 is 10.0. The first-order valence-electron chi connectivity index (χ1n) is 11.7. The van der Waals surface area contributed by atoms with Gasteiger partial charge >= 0.3 is 6.01 Å². The number of hydrogen-bond acceptors (Lipinski definition) is 4. The Morgan fingerprint density at radius 1 is 0.514 bits per heavy atom. The monoisotopic (exact) mass is 455 g/mol. The summed E-state index contributed by atoms with van der Waals surface area (Å²) in [7, 11) is 0. The number of rotatable bonds is 4. The molecular formula is C29H21N5O. The summed E-state index contributed by atoms with van der Waals surface area (Å²) in [5.74, 6) is 1.05. The Balaban J connectivity index is 1.59. The van der Waals surface area contributed by atoms with E-state index in [9.17, 15) is 0 Å². The molecule has 4 aromatic carbocycles.